The van der Waals surface area contributed by atoms with E-state index in [2.05, 4.69) is 10.3 Å². The van der Waals surface area contributed by atoms with Gasteiger partial charge in [-0.1, -0.05) is 0 Å². The number of halogens is 1. The molecule has 2 aromatic heterocycles. The summed E-state index contributed by atoms with van der Waals surface area (Å²) in [5.41, 5.74) is 8.27. The molecule has 116 valence electrons. The number of nitrogens with two attached hydrogens (primary N) is 1. The van der Waals surface area contributed by atoms with Gasteiger partial charge in [0.25, 0.3) is 0 Å². The lowest BCUT2D eigenvalue weighted by Gasteiger charge is -2.11. The van der Waals surface area contributed by atoms with E-state index in [0.29, 0.717) is 11.4 Å². The highest BCUT2D eigenvalue weighted by atomic mass is 19.1. The first kappa shape index (κ1) is 14.8. The summed E-state index contributed by atoms with van der Waals surface area (Å²) in [6.45, 7) is 1.92. The van der Waals surface area contributed by atoms with Crippen molar-refractivity contribution >= 4 is 17.4 Å². The molecule has 1 aromatic carbocycles. The summed E-state index contributed by atoms with van der Waals surface area (Å²) in [4.78, 5) is 15.5. The molecule has 0 aliphatic carbocycles. The van der Waals surface area contributed by atoms with Gasteiger partial charge in [-0.25, -0.2) is 9.37 Å². The van der Waals surface area contributed by atoms with E-state index in [1.807, 2.05) is 17.6 Å². The zero-order chi connectivity index (χ0) is 16.4. The molecule has 5 nitrogen and oxygen atoms in total. The van der Waals surface area contributed by atoms with Crippen LogP contribution in [-0.2, 0) is 0 Å². The SMILES string of the molecule is Cc1cnc(Nc2ccc(F)cc2)cc1-n1ccc(C(N)=O)c1. The molecular weight excluding hydrogens is 295 g/mol. The van der Waals surface area contributed by atoms with Crippen LogP contribution in [0.25, 0.3) is 5.69 Å². The molecule has 0 bridgehead atoms. The highest BCUT2D eigenvalue weighted by Crippen LogP contribution is 2.21. The summed E-state index contributed by atoms with van der Waals surface area (Å²) in [5, 5.41) is 3.12. The van der Waals surface area contributed by atoms with Crippen LogP contribution in [0.1, 0.15) is 15.9 Å². The van der Waals surface area contributed by atoms with Crippen LogP contribution in [0, 0.1) is 12.7 Å². The summed E-state index contributed by atoms with van der Waals surface area (Å²) in [6, 6.07) is 9.54. The number of pyridine rings is 1. The quantitative estimate of drug-likeness (QED) is 0.777. The Labute approximate surface area is 132 Å². The van der Waals surface area contributed by atoms with Gasteiger partial charge < -0.3 is 15.6 Å². The number of hydrogen-bond donors (Lipinski definition) is 2. The second-order valence-electron chi connectivity index (χ2n) is 5.16. The molecule has 0 spiro atoms. The van der Waals surface area contributed by atoms with Crippen molar-refractivity contribution in [1.82, 2.24) is 9.55 Å². The van der Waals surface area contributed by atoms with Gasteiger partial charge >= 0.3 is 0 Å². The highest BCUT2D eigenvalue weighted by Gasteiger charge is 2.08. The van der Waals surface area contributed by atoms with Gasteiger partial charge in [-0.05, 0) is 42.8 Å². The van der Waals surface area contributed by atoms with Gasteiger partial charge in [0.05, 0.1) is 11.3 Å². The maximum atomic E-state index is 12.9. The topological polar surface area (TPSA) is 72.9 Å². The van der Waals surface area contributed by atoms with Crippen molar-refractivity contribution in [1.29, 1.82) is 0 Å². The number of rotatable bonds is 4. The monoisotopic (exact) mass is 310 g/mol. The third-order valence-electron chi connectivity index (χ3n) is 3.45. The molecule has 2 heterocycles. The van der Waals surface area contributed by atoms with E-state index in [-0.39, 0.29) is 5.82 Å². The Morgan fingerprint density at radius 1 is 1.26 bits per heavy atom. The van der Waals surface area contributed by atoms with E-state index >= 15 is 0 Å². The van der Waals surface area contributed by atoms with Crippen LogP contribution >= 0.6 is 0 Å². The van der Waals surface area contributed by atoms with E-state index in [4.69, 9.17) is 5.73 Å². The predicted octanol–water partition coefficient (Wildman–Crippen LogP) is 3.16. The van der Waals surface area contributed by atoms with Gasteiger partial charge in [0.2, 0.25) is 5.91 Å². The minimum atomic E-state index is -0.472. The number of nitrogens with zero attached hydrogens (tertiary/aromatic N) is 2. The molecule has 3 aromatic rings. The number of aryl methyl sites for hydroxylation is 1. The van der Waals surface area contributed by atoms with Gasteiger partial charge in [-0.2, -0.15) is 0 Å². The van der Waals surface area contributed by atoms with E-state index in [1.165, 1.54) is 12.1 Å². The highest BCUT2D eigenvalue weighted by molar-refractivity contribution is 5.92. The van der Waals surface area contributed by atoms with Crippen LogP contribution in [0.5, 0.6) is 0 Å². The average Bonchev–Trinajstić information content (AvgIpc) is 3.01. The second kappa shape index (κ2) is 5.92. The number of primary amides is 1. The molecular formula is C17H15FN4O. The number of carbonyl (C=O) groups excluding carboxylic acids is 1. The fourth-order valence-electron chi connectivity index (χ4n) is 2.23. The molecule has 3 rings (SSSR count). The second-order valence-corrected chi connectivity index (χ2v) is 5.16. The summed E-state index contributed by atoms with van der Waals surface area (Å²) < 4.78 is 14.8. The third kappa shape index (κ3) is 3.21. The smallest absolute Gasteiger partial charge is 0.250 e. The first-order valence-electron chi connectivity index (χ1n) is 7.00. The zero-order valence-corrected chi connectivity index (χ0v) is 12.5. The number of benzene rings is 1. The lowest BCUT2D eigenvalue weighted by atomic mass is 10.2. The molecule has 0 radical (unpaired) electrons. The summed E-state index contributed by atoms with van der Waals surface area (Å²) in [5.74, 6) is -0.147. The fraction of sp³-hybridized carbons (Fsp3) is 0.0588. The van der Waals surface area contributed by atoms with Crippen LogP contribution in [0.15, 0.2) is 55.0 Å². The molecule has 3 N–H and O–H groups in total. The maximum Gasteiger partial charge on any atom is 0.250 e. The van der Waals surface area contributed by atoms with Gasteiger partial charge in [-0.15, -0.1) is 0 Å². The van der Waals surface area contributed by atoms with Gasteiger partial charge in [-0.3, -0.25) is 4.79 Å². The Bertz CT molecular complexity index is 855. The molecule has 0 saturated carbocycles. The maximum absolute atomic E-state index is 12.9. The Hall–Kier alpha value is -3.15. The summed E-state index contributed by atoms with van der Waals surface area (Å²) in [7, 11) is 0. The van der Waals surface area contributed by atoms with E-state index in [9.17, 15) is 9.18 Å². The van der Waals surface area contributed by atoms with Crippen LogP contribution in [0.4, 0.5) is 15.9 Å². The Balaban J connectivity index is 1.92. The Morgan fingerprint density at radius 3 is 2.65 bits per heavy atom. The number of nitrogens with one attached hydrogen (secondary N) is 1. The zero-order valence-electron chi connectivity index (χ0n) is 12.5. The summed E-state index contributed by atoms with van der Waals surface area (Å²) >= 11 is 0. The molecule has 0 unspecified atom stereocenters. The van der Waals surface area contributed by atoms with Crippen LogP contribution in [0.3, 0.4) is 0 Å². The van der Waals surface area contributed by atoms with Crippen molar-refractivity contribution in [2.45, 2.75) is 6.92 Å². The number of hydrogen-bond acceptors (Lipinski definition) is 3. The summed E-state index contributed by atoms with van der Waals surface area (Å²) in [6.07, 6.45) is 5.17. The van der Waals surface area contributed by atoms with Gasteiger partial charge in [0.1, 0.15) is 11.6 Å². The van der Waals surface area contributed by atoms with Crippen molar-refractivity contribution in [3.05, 3.63) is 71.9 Å². The first-order chi connectivity index (χ1) is 11.0. The molecule has 0 aliphatic rings. The molecule has 0 fully saturated rings. The minimum Gasteiger partial charge on any atom is -0.366 e. The normalized spacial score (nSPS) is 10.5. The molecule has 1 amide bonds. The van der Waals surface area contributed by atoms with Crippen molar-refractivity contribution < 1.29 is 9.18 Å². The van der Waals surface area contributed by atoms with Crippen molar-refractivity contribution in [2.75, 3.05) is 5.32 Å². The lowest BCUT2D eigenvalue weighted by Crippen LogP contribution is -2.09. The molecule has 6 heteroatoms. The number of aromatic nitrogens is 2. The predicted molar refractivity (Wildman–Crippen MR) is 86.5 cm³/mol. The van der Waals surface area contributed by atoms with Crippen molar-refractivity contribution in [3.63, 3.8) is 0 Å². The third-order valence-corrected chi connectivity index (χ3v) is 3.45. The van der Waals surface area contributed by atoms with E-state index in [0.717, 1.165) is 16.9 Å². The van der Waals surface area contributed by atoms with E-state index < -0.39 is 5.91 Å². The minimum absolute atomic E-state index is 0.292. The van der Waals surface area contributed by atoms with Gasteiger partial charge in [0, 0.05) is 30.3 Å². The molecule has 0 atom stereocenters. The number of anilines is 2. The lowest BCUT2D eigenvalue weighted by molar-refractivity contribution is 0.100. The van der Waals surface area contributed by atoms with Crippen LogP contribution < -0.4 is 11.1 Å². The average molecular weight is 310 g/mol. The molecule has 23 heavy (non-hydrogen) atoms. The van der Waals surface area contributed by atoms with Gasteiger partial charge in [0.15, 0.2) is 0 Å². The van der Waals surface area contributed by atoms with E-state index in [1.54, 1.807) is 36.8 Å². The largest absolute Gasteiger partial charge is 0.366 e. The van der Waals surface area contributed by atoms with Crippen LogP contribution in [0.2, 0.25) is 0 Å². The molecule has 0 aliphatic heterocycles. The first-order valence-corrected chi connectivity index (χ1v) is 7.00. The Morgan fingerprint density at radius 2 is 2.00 bits per heavy atom. The molecule has 0 saturated heterocycles. The van der Waals surface area contributed by atoms with Crippen LogP contribution in [-0.4, -0.2) is 15.5 Å². The number of carbonyl (C=O) groups is 1. The standard InChI is InChI=1S/C17H15FN4O/c1-11-9-20-16(21-14-4-2-13(18)3-5-14)8-15(11)22-7-6-12(10-22)17(19)23/h2-10H,1H3,(H2,19,23)(H,20,21). The fourth-order valence-corrected chi connectivity index (χ4v) is 2.23. The van der Waals surface area contributed by atoms with Crippen molar-refractivity contribution in [2.24, 2.45) is 5.73 Å². The number of amides is 1. The van der Waals surface area contributed by atoms with Crippen molar-refractivity contribution in [3.8, 4) is 5.69 Å². The Kier molecular flexibility index (Phi) is 3.80.